The Bertz CT molecular complexity index is 439. The molecule has 1 aromatic rings. The lowest BCUT2D eigenvalue weighted by Crippen LogP contribution is -2.47. The summed E-state index contributed by atoms with van der Waals surface area (Å²) in [6, 6.07) is 7.35. The predicted octanol–water partition coefficient (Wildman–Crippen LogP) is 3.61. The van der Waals surface area contributed by atoms with E-state index in [4.69, 9.17) is 5.73 Å². The van der Waals surface area contributed by atoms with Crippen LogP contribution in [0, 0.1) is 12.8 Å². The molecule has 0 bridgehead atoms. The third-order valence-corrected chi connectivity index (χ3v) is 5.07. The first-order chi connectivity index (χ1) is 9.31. The maximum Gasteiger partial charge on any atom is 0.0444 e. The van der Waals surface area contributed by atoms with Crippen LogP contribution in [0.4, 0.5) is 5.69 Å². The average Bonchev–Trinajstić information content (AvgIpc) is 2.46. The van der Waals surface area contributed by atoms with Crippen LogP contribution in [-0.4, -0.2) is 12.6 Å². The minimum atomic E-state index is 0.658. The molecule has 0 spiro atoms. The van der Waals surface area contributed by atoms with E-state index in [9.17, 15) is 0 Å². The lowest BCUT2D eigenvalue weighted by atomic mass is 9.78. The lowest BCUT2D eigenvalue weighted by Gasteiger charge is -2.46. The molecule has 0 aromatic heterocycles. The van der Waals surface area contributed by atoms with Crippen molar-refractivity contribution >= 4 is 5.69 Å². The minimum Gasteiger partial charge on any atom is -0.368 e. The van der Waals surface area contributed by atoms with Crippen molar-refractivity contribution in [2.45, 2.75) is 58.0 Å². The monoisotopic (exact) mass is 258 g/mol. The van der Waals surface area contributed by atoms with E-state index in [1.165, 1.54) is 61.9 Å². The van der Waals surface area contributed by atoms with Gasteiger partial charge in [-0.15, -0.1) is 0 Å². The van der Waals surface area contributed by atoms with E-state index in [0.29, 0.717) is 6.54 Å². The van der Waals surface area contributed by atoms with Gasteiger partial charge in [-0.1, -0.05) is 31.0 Å². The van der Waals surface area contributed by atoms with Gasteiger partial charge in [0.2, 0.25) is 0 Å². The van der Waals surface area contributed by atoms with Crippen molar-refractivity contribution in [1.29, 1.82) is 0 Å². The Balaban J connectivity index is 1.96. The summed E-state index contributed by atoms with van der Waals surface area (Å²) in [4.78, 5) is 2.70. The van der Waals surface area contributed by atoms with Crippen molar-refractivity contribution in [2.75, 3.05) is 11.4 Å². The zero-order valence-electron chi connectivity index (χ0n) is 12.1. The number of fused-ring (bicyclic) bond motifs is 1. The molecule has 0 radical (unpaired) electrons. The molecule has 1 saturated carbocycles. The van der Waals surface area contributed by atoms with E-state index in [2.05, 4.69) is 30.0 Å². The Hall–Kier alpha value is -1.02. The summed E-state index contributed by atoms with van der Waals surface area (Å²) in [5, 5.41) is 0. The van der Waals surface area contributed by atoms with Crippen LogP contribution in [0.3, 0.4) is 0 Å². The van der Waals surface area contributed by atoms with Crippen LogP contribution in [0.25, 0.3) is 0 Å². The summed E-state index contributed by atoms with van der Waals surface area (Å²) < 4.78 is 0. The summed E-state index contributed by atoms with van der Waals surface area (Å²) in [7, 11) is 0. The summed E-state index contributed by atoms with van der Waals surface area (Å²) in [6.45, 7) is 4.12. The first-order valence-corrected chi connectivity index (χ1v) is 7.86. The topological polar surface area (TPSA) is 29.3 Å². The largest absolute Gasteiger partial charge is 0.368 e. The average molecular weight is 258 g/mol. The van der Waals surface area contributed by atoms with E-state index in [1.54, 1.807) is 0 Å². The zero-order chi connectivity index (χ0) is 13.2. The summed E-state index contributed by atoms with van der Waals surface area (Å²) in [6.07, 6.45) is 8.44. The Morgan fingerprint density at radius 2 is 1.95 bits per heavy atom. The highest BCUT2D eigenvalue weighted by molar-refractivity contribution is 5.60. The number of hydrogen-bond donors (Lipinski definition) is 1. The smallest absolute Gasteiger partial charge is 0.0444 e. The highest BCUT2D eigenvalue weighted by Crippen LogP contribution is 2.39. The molecular formula is C17H26N2. The summed E-state index contributed by atoms with van der Waals surface area (Å²) in [5.74, 6) is 0.924. The summed E-state index contributed by atoms with van der Waals surface area (Å²) >= 11 is 0. The molecule has 19 heavy (non-hydrogen) atoms. The van der Waals surface area contributed by atoms with Gasteiger partial charge in [0.15, 0.2) is 0 Å². The van der Waals surface area contributed by atoms with Crippen LogP contribution in [0.15, 0.2) is 18.2 Å². The highest BCUT2D eigenvalue weighted by atomic mass is 15.2. The van der Waals surface area contributed by atoms with E-state index in [1.807, 2.05) is 0 Å². The fraction of sp³-hybridized carbons (Fsp3) is 0.647. The Labute approximate surface area is 117 Å². The molecule has 1 saturated heterocycles. The molecular weight excluding hydrogens is 232 g/mol. The molecule has 0 amide bonds. The number of para-hydroxylation sites is 1. The van der Waals surface area contributed by atoms with Gasteiger partial charge in [-0.05, 0) is 49.7 Å². The molecule has 1 aromatic carbocycles. The molecule has 2 fully saturated rings. The summed E-state index contributed by atoms with van der Waals surface area (Å²) in [5.41, 5.74) is 10.1. The molecule has 2 N–H and O–H groups in total. The number of aryl methyl sites for hydroxylation is 1. The lowest BCUT2D eigenvalue weighted by molar-refractivity contribution is 0.243. The first-order valence-electron chi connectivity index (χ1n) is 7.86. The van der Waals surface area contributed by atoms with Crippen molar-refractivity contribution in [3.63, 3.8) is 0 Å². The van der Waals surface area contributed by atoms with Crippen molar-refractivity contribution in [1.82, 2.24) is 0 Å². The fourth-order valence-corrected chi connectivity index (χ4v) is 4.20. The van der Waals surface area contributed by atoms with Gasteiger partial charge in [0.05, 0.1) is 0 Å². The molecule has 2 unspecified atom stereocenters. The maximum absolute atomic E-state index is 5.97. The van der Waals surface area contributed by atoms with Crippen LogP contribution in [0.5, 0.6) is 0 Å². The number of rotatable bonds is 2. The fourth-order valence-electron chi connectivity index (χ4n) is 4.20. The number of nitrogens with zero attached hydrogens (tertiary/aromatic N) is 1. The maximum atomic E-state index is 5.97. The Morgan fingerprint density at radius 3 is 2.79 bits per heavy atom. The number of benzene rings is 1. The molecule has 2 atom stereocenters. The van der Waals surface area contributed by atoms with Crippen LogP contribution in [0.1, 0.15) is 49.7 Å². The van der Waals surface area contributed by atoms with E-state index >= 15 is 0 Å². The van der Waals surface area contributed by atoms with Gasteiger partial charge in [-0.3, -0.25) is 0 Å². The molecule has 104 valence electrons. The zero-order valence-corrected chi connectivity index (χ0v) is 12.1. The third-order valence-electron chi connectivity index (χ3n) is 5.07. The van der Waals surface area contributed by atoms with Crippen molar-refractivity contribution < 1.29 is 0 Å². The van der Waals surface area contributed by atoms with Crippen LogP contribution < -0.4 is 10.6 Å². The normalized spacial score (nSPS) is 27.2. The van der Waals surface area contributed by atoms with Crippen LogP contribution in [0.2, 0.25) is 0 Å². The Morgan fingerprint density at radius 1 is 1.16 bits per heavy atom. The van der Waals surface area contributed by atoms with Crippen molar-refractivity contribution in [2.24, 2.45) is 11.7 Å². The van der Waals surface area contributed by atoms with Gasteiger partial charge in [0.25, 0.3) is 0 Å². The number of hydrogen-bond acceptors (Lipinski definition) is 2. The number of anilines is 1. The number of piperidine rings is 1. The van der Waals surface area contributed by atoms with Gasteiger partial charge in [-0.25, -0.2) is 0 Å². The molecule has 1 aliphatic carbocycles. The number of nitrogens with two attached hydrogens (primary N) is 1. The van der Waals surface area contributed by atoms with Gasteiger partial charge >= 0.3 is 0 Å². The third kappa shape index (κ3) is 2.38. The SMILES string of the molecule is Cc1cccc(CN)c1N1CCCC2CCCCC21. The molecule has 1 aliphatic heterocycles. The molecule has 2 nitrogen and oxygen atoms in total. The van der Waals surface area contributed by atoms with Gasteiger partial charge in [0, 0.05) is 24.8 Å². The van der Waals surface area contributed by atoms with Crippen LogP contribution >= 0.6 is 0 Å². The second-order valence-corrected chi connectivity index (χ2v) is 6.23. The molecule has 3 rings (SSSR count). The molecule has 2 heteroatoms. The molecule has 2 aliphatic rings. The minimum absolute atomic E-state index is 0.658. The van der Waals surface area contributed by atoms with Crippen molar-refractivity contribution in [3.05, 3.63) is 29.3 Å². The van der Waals surface area contributed by atoms with Gasteiger partial charge < -0.3 is 10.6 Å². The standard InChI is InChI=1S/C17H26N2/c1-13-6-4-8-15(12-18)17(13)19-11-5-9-14-7-2-3-10-16(14)19/h4,6,8,14,16H,2-3,5,7,9-12,18H2,1H3. The second-order valence-electron chi connectivity index (χ2n) is 6.23. The van der Waals surface area contributed by atoms with Crippen LogP contribution in [-0.2, 0) is 6.54 Å². The second kappa shape index (κ2) is 5.54. The quantitative estimate of drug-likeness (QED) is 0.878. The van der Waals surface area contributed by atoms with Crippen molar-refractivity contribution in [3.8, 4) is 0 Å². The molecule has 1 heterocycles. The van der Waals surface area contributed by atoms with E-state index in [0.717, 1.165) is 12.0 Å². The predicted molar refractivity (Wildman–Crippen MR) is 81.4 cm³/mol. The van der Waals surface area contributed by atoms with E-state index < -0.39 is 0 Å². The first kappa shape index (κ1) is 13.0. The van der Waals surface area contributed by atoms with E-state index in [-0.39, 0.29) is 0 Å². The highest BCUT2D eigenvalue weighted by Gasteiger charge is 2.34. The Kier molecular flexibility index (Phi) is 3.79. The van der Waals surface area contributed by atoms with Gasteiger partial charge in [0.1, 0.15) is 0 Å². The van der Waals surface area contributed by atoms with Gasteiger partial charge in [-0.2, -0.15) is 0 Å².